The molecule has 0 bridgehead atoms. The summed E-state index contributed by atoms with van der Waals surface area (Å²) in [5, 5.41) is 25.3. The predicted octanol–water partition coefficient (Wildman–Crippen LogP) is 3.28. The van der Waals surface area contributed by atoms with Crippen LogP contribution in [0.25, 0.3) is 11.1 Å². The topological polar surface area (TPSA) is 124 Å². The van der Waals surface area contributed by atoms with Crippen molar-refractivity contribution in [3.05, 3.63) is 59.7 Å². The first kappa shape index (κ1) is 23.1. The minimum Gasteiger partial charge on any atom is -0.480 e. The van der Waals surface area contributed by atoms with Crippen molar-refractivity contribution < 1.29 is 19.4 Å². The van der Waals surface area contributed by atoms with E-state index < -0.39 is 18.1 Å². The van der Waals surface area contributed by atoms with Crippen molar-refractivity contribution in [2.24, 2.45) is 0 Å². The Hall–Kier alpha value is -3.55. The van der Waals surface area contributed by atoms with E-state index >= 15 is 0 Å². The van der Waals surface area contributed by atoms with E-state index in [0.29, 0.717) is 25.9 Å². The molecule has 0 aromatic heterocycles. The number of carboxylic acid groups (broad SMARTS) is 1. The number of aliphatic carboxylic acids is 1. The maximum Gasteiger partial charge on any atom is 0.407 e. The summed E-state index contributed by atoms with van der Waals surface area (Å²) in [6.07, 6.45) is 0.832. The van der Waals surface area contributed by atoms with Crippen LogP contribution in [0.5, 0.6) is 0 Å². The Labute approximate surface area is 187 Å². The Balaban J connectivity index is 1.49. The molecule has 1 amide bonds. The average Bonchev–Trinajstić information content (AvgIpc) is 3.10. The molecule has 3 rings (SSSR count). The van der Waals surface area contributed by atoms with Crippen molar-refractivity contribution in [1.29, 1.82) is 5.41 Å². The number of rotatable bonds is 10. The van der Waals surface area contributed by atoms with Crippen molar-refractivity contribution in [3.63, 3.8) is 0 Å². The molecule has 0 saturated heterocycles. The number of nitrogens with one attached hydrogen (secondary N) is 4. The zero-order valence-electron chi connectivity index (χ0n) is 18.2. The molecule has 170 valence electrons. The van der Waals surface area contributed by atoms with E-state index in [1.165, 1.54) is 0 Å². The van der Waals surface area contributed by atoms with Crippen LogP contribution in [0.3, 0.4) is 0 Å². The molecule has 0 heterocycles. The lowest BCUT2D eigenvalue weighted by atomic mass is 9.98. The number of carboxylic acids is 1. The molecule has 0 radical (unpaired) electrons. The number of carbonyl (C=O) groups is 2. The van der Waals surface area contributed by atoms with Crippen molar-refractivity contribution >= 4 is 18.0 Å². The molecule has 8 nitrogen and oxygen atoms in total. The highest BCUT2D eigenvalue weighted by Crippen LogP contribution is 2.44. The summed E-state index contributed by atoms with van der Waals surface area (Å²) in [5.41, 5.74) is 4.48. The summed E-state index contributed by atoms with van der Waals surface area (Å²) in [6, 6.07) is 15.1. The number of fused-ring (bicyclic) bond motifs is 3. The third-order valence-corrected chi connectivity index (χ3v) is 5.51. The summed E-state index contributed by atoms with van der Waals surface area (Å²) in [4.78, 5) is 23.9. The quantitative estimate of drug-likeness (QED) is 0.220. The second-order valence-electron chi connectivity index (χ2n) is 7.69. The molecule has 0 fully saturated rings. The van der Waals surface area contributed by atoms with E-state index in [9.17, 15) is 14.7 Å². The maximum absolute atomic E-state index is 12.3. The third-order valence-electron chi connectivity index (χ3n) is 5.51. The standard InChI is InChI=1S/C24H30N4O4/c1-2-26-23(25)27-14-8-7-13-21(22(29)30)28-24(31)32-15-20-18-11-5-3-9-16(18)17-10-4-6-12-19(17)20/h3-6,9-12,20-21H,2,7-8,13-15H2,1H3,(H,28,31)(H,29,30)(H3,25,26,27)/t21-/m1/s1. The number of hydrogen-bond donors (Lipinski definition) is 5. The fourth-order valence-corrected chi connectivity index (χ4v) is 3.97. The highest BCUT2D eigenvalue weighted by molar-refractivity contribution is 5.81. The van der Waals surface area contributed by atoms with Crippen LogP contribution in [0.1, 0.15) is 43.2 Å². The molecule has 5 N–H and O–H groups in total. The van der Waals surface area contributed by atoms with E-state index in [-0.39, 0.29) is 24.9 Å². The van der Waals surface area contributed by atoms with Gasteiger partial charge in [-0.3, -0.25) is 5.41 Å². The first-order chi connectivity index (χ1) is 15.5. The second-order valence-corrected chi connectivity index (χ2v) is 7.69. The van der Waals surface area contributed by atoms with Crippen LogP contribution in [0.2, 0.25) is 0 Å². The van der Waals surface area contributed by atoms with Gasteiger partial charge in [0.2, 0.25) is 0 Å². The fraction of sp³-hybridized carbons (Fsp3) is 0.375. The summed E-state index contributed by atoms with van der Waals surface area (Å²) in [7, 11) is 0. The van der Waals surface area contributed by atoms with Gasteiger partial charge in [-0.1, -0.05) is 48.5 Å². The molecular weight excluding hydrogens is 408 g/mol. The molecule has 1 aliphatic carbocycles. The number of carbonyl (C=O) groups excluding carboxylic acids is 1. The SMILES string of the molecule is CCNC(=N)NCCCC[C@@H](NC(=O)OCC1c2ccccc2-c2ccccc21)C(=O)O. The van der Waals surface area contributed by atoms with Gasteiger partial charge in [-0.2, -0.15) is 0 Å². The zero-order chi connectivity index (χ0) is 22.9. The van der Waals surface area contributed by atoms with Crippen LogP contribution >= 0.6 is 0 Å². The molecule has 32 heavy (non-hydrogen) atoms. The average molecular weight is 439 g/mol. The van der Waals surface area contributed by atoms with E-state index in [1.807, 2.05) is 43.3 Å². The van der Waals surface area contributed by atoms with Gasteiger partial charge in [-0.25, -0.2) is 9.59 Å². The van der Waals surface area contributed by atoms with Crippen LogP contribution in [-0.4, -0.2) is 48.9 Å². The molecule has 8 heteroatoms. The fourth-order valence-electron chi connectivity index (χ4n) is 3.97. The first-order valence-corrected chi connectivity index (χ1v) is 10.9. The summed E-state index contributed by atoms with van der Waals surface area (Å²) >= 11 is 0. The molecule has 0 aliphatic heterocycles. The third kappa shape index (κ3) is 5.78. The van der Waals surface area contributed by atoms with Gasteiger partial charge >= 0.3 is 12.1 Å². The highest BCUT2D eigenvalue weighted by Gasteiger charge is 2.29. The number of unbranched alkanes of at least 4 members (excludes halogenated alkanes) is 1. The zero-order valence-corrected chi connectivity index (χ0v) is 18.2. The van der Waals surface area contributed by atoms with Crippen LogP contribution in [-0.2, 0) is 9.53 Å². The van der Waals surface area contributed by atoms with Crippen molar-refractivity contribution in [1.82, 2.24) is 16.0 Å². The van der Waals surface area contributed by atoms with Gasteiger partial charge in [0.15, 0.2) is 5.96 Å². The molecule has 0 saturated carbocycles. The summed E-state index contributed by atoms with van der Waals surface area (Å²) < 4.78 is 5.44. The minimum atomic E-state index is -1.09. The Morgan fingerprint density at radius 1 is 1.03 bits per heavy atom. The lowest BCUT2D eigenvalue weighted by molar-refractivity contribution is -0.139. The van der Waals surface area contributed by atoms with Crippen molar-refractivity contribution in [2.45, 2.75) is 38.1 Å². The molecule has 1 aliphatic rings. The number of alkyl carbamates (subject to hydrolysis) is 1. The van der Waals surface area contributed by atoms with E-state index in [0.717, 1.165) is 22.3 Å². The molecule has 0 unspecified atom stereocenters. The predicted molar refractivity (Wildman–Crippen MR) is 123 cm³/mol. The van der Waals surface area contributed by atoms with E-state index in [2.05, 4.69) is 28.1 Å². The Morgan fingerprint density at radius 2 is 1.66 bits per heavy atom. The van der Waals surface area contributed by atoms with Crippen molar-refractivity contribution in [2.75, 3.05) is 19.7 Å². The molecule has 1 atom stereocenters. The maximum atomic E-state index is 12.3. The van der Waals surface area contributed by atoms with Gasteiger partial charge in [0, 0.05) is 19.0 Å². The van der Waals surface area contributed by atoms with Gasteiger partial charge in [-0.05, 0) is 48.4 Å². The Kier molecular flexibility index (Phi) is 8.08. The minimum absolute atomic E-state index is 0.0745. The van der Waals surface area contributed by atoms with E-state index in [4.69, 9.17) is 10.1 Å². The van der Waals surface area contributed by atoms with Gasteiger partial charge in [0.05, 0.1) is 0 Å². The number of guanidine groups is 1. The smallest absolute Gasteiger partial charge is 0.407 e. The van der Waals surface area contributed by atoms with E-state index in [1.54, 1.807) is 0 Å². The number of hydrogen-bond acceptors (Lipinski definition) is 4. The number of ether oxygens (including phenoxy) is 1. The van der Waals surface area contributed by atoms with Crippen LogP contribution in [0, 0.1) is 5.41 Å². The summed E-state index contributed by atoms with van der Waals surface area (Å²) in [5.74, 6) is -0.916. The van der Waals surface area contributed by atoms with Crippen LogP contribution < -0.4 is 16.0 Å². The van der Waals surface area contributed by atoms with Crippen LogP contribution in [0.15, 0.2) is 48.5 Å². The Bertz CT molecular complexity index is 917. The molecule has 2 aromatic rings. The normalized spacial score (nSPS) is 12.9. The van der Waals surface area contributed by atoms with Gasteiger partial charge in [0.1, 0.15) is 12.6 Å². The van der Waals surface area contributed by atoms with Gasteiger partial charge in [0.25, 0.3) is 0 Å². The highest BCUT2D eigenvalue weighted by atomic mass is 16.5. The lowest BCUT2D eigenvalue weighted by Crippen LogP contribution is -2.41. The van der Waals surface area contributed by atoms with Crippen molar-refractivity contribution in [3.8, 4) is 11.1 Å². The lowest BCUT2D eigenvalue weighted by Gasteiger charge is -2.17. The second kappa shape index (κ2) is 11.2. The number of amides is 1. The first-order valence-electron chi connectivity index (χ1n) is 10.9. The molecule has 2 aromatic carbocycles. The van der Waals surface area contributed by atoms with Gasteiger partial charge in [-0.15, -0.1) is 0 Å². The molecule has 0 spiro atoms. The largest absolute Gasteiger partial charge is 0.480 e. The van der Waals surface area contributed by atoms with Crippen LogP contribution in [0.4, 0.5) is 4.79 Å². The van der Waals surface area contributed by atoms with Gasteiger partial charge < -0.3 is 25.8 Å². The molecular formula is C24H30N4O4. The monoisotopic (exact) mass is 438 g/mol. The summed E-state index contributed by atoms with van der Waals surface area (Å²) in [6.45, 7) is 3.27. The number of benzene rings is 2. The Morgan fingerprint density at radius 3 is 2.25 bits per heavy atom.